The van der Waals surface area contributed by atoms with Crippen LogP contribution in [0.3, 0.4) is 0 Å². The molecule has 3 nitrogen and oxygen atoms in total. The molecule has 1 N–H and O–H groups in total. The Bertz CT molecular complexity index is 452. The summed E-state index contributed by atoms with van der Waals surface area (Å²) in [6.45, 7) is 0. The number of ether oxygens (including phenoxy) is 1. The molecule has 0 aliphatic carbocycles. The normalized spacial score (nSPS) is 12.0. The number of aliphatic carboxylic acids is 1. The number of hydrogen-bond acceptors (Lipinski definition) is 2. The van der Waals surface area contributed by atoms with Crippen LogP contribution in [0.2, 0.25) is 0 Å². The molecule has 0 fully saturated rings. The Kier molecular flexibility index (Phi) is 5.53. The molecule has 0 saturated carbocycles. The fourth-order valence-electron chi connectivity index (χ4n) is 1.50. The summed E-state index contributed by atoms with van der Waals surface area (Å²) in [4.78, 5) is 10.9. The van der Waals surface area contributed by atoms with Crippen molar-refractivity contribution in [2.24, 2.45) is 5.92 Å². The molecule has 0 aliphatic heterocycles. The van der Waals surface area contributed by atoms with E-state index in [4.69, 9.17) is 16.3 Å². The van der Waals surface area contributed by atoms with Crippen molar-refractivity contribution in [3.63, 3.8) is 0 Å². The SMILES string of the molecule is C#CCC(C/C=C/c1ccc(OC)cc1)C(=O)O. The van der Waals surface area contributed by atoms with E-state index in [1.54, 1.807) is 7.11 Å². The number of allylic oxidation sites excluding steroid dienone is 1. The molecule has 0 bridgehead atoms. The van der Waals surface area contributed by atoms with Gasteiger partial charge in [-0.25, -0.2) is 0 Å². The monoisotopic (exact) mass is 244 g/mol. The number of carboxylic acid groups (broad SMARTS) is 1. The van der Waals surface area contributed by atoms with Crippen molar-refractivity contribution in [2.45, 2.75) is 12.8 Å². The third-order valence-electron chi connectivity index (χ3n) is 2.56. The van der Waals surface area contributed by atoms with Gasteiger partial charge in [0.1, 0.15) is 5.75 Å². The first-order valence-electron chi connectivity index (χ1n) is 5.64. The Morgan fingerprint density at radius 1 is 1.50 bits per heavy atom. The molecule has 1 unspecified atom stereocenters. The minimum atomic E-state index is -0.854. The van der Waals surface area contributed by atoms with Crippen LogP contribution in [0.15, 0.2) is 30.3 Å². The quantitative estimate of drug-likeness (QED) is 0.783. The lowest BCUT2D eigenvalue weighted by Crippen LogP contribution is -2.11. The summed E-state index contributed by atoms with van der Waals surface area (Å²) in [6, 6.07) is 7.53. The second-order valence-corrected chi connectivity index (χ2v) is 3.85. The molecule has 1 aromatic rings. The highest BCUT2D eigenvalue weighted by Crippen LogP contribution is 2.14. The van der Waals surface area contributed by atoms with Gasteiger partial charge in [-0.1, -0.05) is 24.3 Å². The van der Waals surface area contributed by atoms with E-state index in [2.05, 4.69) is 5.92 Å². The first kappa shape index (κ1) is 13.9. The minimum absolute atomic E-state index is 0.252. The second-order valence-electron chi connectivity index (χ2n) is 3.85. The van der Waals surface area contributed by atoms with Gasteiger partial charge in [0.25, 0.3) is 0 Å². The van der Waals surface area contributed by atoms with Gasteiger partial charge in [0.15, 0.2) is 0 Å². The van der Waals surface area contributed by atoms with Crippen molar-refractivity contribution in [3.8, 4) is 18.1 Å². The highest BCUT2D eigenvalue weighted by molar-refractivity contribution is 5.70. The molecule has 0 saturated heterocycles. The van der Waals surface area contributed by atoms with Crippen LogP contribution in [0, 0.1) is 18.3 Å². The van der Waals surface area contributed by atoms with Crippen LogP contribution in [0.5, 0.6) is 5.75 Å². The zero-order valence-electron chi connectivity index (χ0n) is 10.3. The smallest absolute Gasteiger partial charge is 0.307 e. The largest absolute Gasteiger partial charge is 0.497 e. The highest BCUT2D eigenvalue weighted by Gasteiger charge is 2.13. The summed E-state index contributed by atoms with van der Waals surface area (Å²) in [5.74, 6) is 1.81. The number of terminal acetylenes is 1. The molecular formula is C15H16O3. The number of hydrogen-bond donors (Lipinski definition) is 1. The fourth-order valence-corrected chi connectivity index (χ4v) is 1.50. The van der Waals surface area contributed by atoms with Crippen LogP contribution >= 0.6 is 0 Å². The van der Waals surface area contributed by atoms with Crippen LogP contribution in [-0.4, -0.2) is 18.2 Å². The predicted molar refractivity (Wildman–Crippen MR) is 71.2 cm³/mol. The van der Waals surface area contributed by atoms with E-state index in [0.717, 1.165) is 11.3 Å². The Balaban J connectivity index is 2.58. The molecule has 0 heterocycles. The Hall–Kier alpha value is -2.21. The first-order valence-corrected chi connectivity index (χ1v) is 5.64. The van der Waals surface area contributed by atoms with Crippen LogP contribution < -0.4 is 4.74 Å². The number of carbonyl (C=O) groups is 1. The van der Waals surface area contributed by atoms with Gasteiger partial charge < -0.3 is 9.84 Å². The first-order chi connectivity index (χ1) is 8.67. The number of benzene rings is 1. The lowest BCUT2D eigenvalue weighted by Gasteiger charge is -2.04. The van der Waals surface area contributed by atoms with Gasteiger partial charge in [-0.2, -0.15) is 0 Å². The predicted octanol–water partition coefficient (Wildman–Crippen LogP) is 2.82. The van der Waals surface area contributed by atoms with E-state index in [1.807, 2.05) is 36.4 Å². The van der Waals surface area contributed by atoms with E-state index in [9.17, 15) is 4.79 Å². The van der Waals surface area contributed by atoms with Gasteiger partial charge in [-0.05, 0) is 24.1 Å². The summed E-state index contributed by atoms with van der Waals surface area (Å²) < 4.78 is 5.05. The number of carboxylic acids is 1. The van der Waals surface area contributed by atoms with Crippen molar-refractivity contribution < 1.29 is 14.6 Å². The van der Waals surface area contributed by atoms with E-state index >= 15 is 0 Å². The lowest BCUT2D eigenvalue weighted by atomic mass is 10.0. The summed E-state index contributed by atoms with van der Waals surface area (Å²) in [5, 5.41) is 8.92. The second kappa shape index (κ2) is 7.18. The van der Waals surface area contributed by atoms with Gasteiger partial charge in [0, 0.05) is 6.42 Å². The van der Waals surface area contributed by atoms with Crippen molar-refractivity contribution in [3.05, 3.63) is 35.9 Å². The summed E-state index contributed by atoms with van der Waals surface area (Å²) in [6.07, 6.45) is 9.53. The molecule has 1 atom stereocenters. The van der Waals surface area contributed by atoms with Gasteiger partial charge in [-0.15, -0.1) is 12.3 Å². The molecule has 0 aromatic heterocycles. The molecule has 1 aromatic carbocycles. The third-order valence-corrected chi connectivity index (χ3v) is 2.56. The fraction of sp³-hybridized carbons (Fsp3) is 0.267. The summed E-state index contributed by atoms with van der Waals surface area (Å²) >= 11 is 0. The number of rotatable bonds is 6. The maximum absolute atomic E-state index is 10.9. The molecule has 0 radical (unpaired) electrons. The zero-order chi connectivity index (χ0) is 13.4. The maximum atomic E-state index is 10.9. The van der Waals surface area contributed by atoms with E-state index < -0.39 is 11.9 Å². The van der Waals surface area contributed by atoms with Crippen molar-refractivity contribution in [1.82, 2.24) is 0 Å². The van der Waals surface area contributed by atoms with Gasteiger partial charge in [0.2, 0.25) is 0 Å². The minimum Gasteiger partial charge on any atom is -0.497 e. The zero-order valence-corrected chi connectivity index (χ0v) is 10.3. The van der Waals surface area contributed by atoms with Gasteiger partial charge in [0.05, 0.1) is 13.0 Å². The molecule has 0 aliphatic rings. The van der Waals surface area contributed by atoms with Crippen LogP contribution in [0.1, 0.15) is 18.4 Å². The average Bonchev–Trinajstić information content (AvgIpc) is 2.38. The molecular weight excluding hydrogens is 228 g/mol. The van der Waals surface area contributed by atoms with Crippen LogP contribution in [-0.2, 0) is 4.79 Å². The van der Waals surface area contributed by atoms with E-state index in [1.165, 1.54) is 0 Å². The van der Waals surface area contributed by atoms with Gasteiger partial charge in [-0.3, -0.25) is 4.79 Å². The third kappa shape index (κ3) is 4.34. The molecule has 3 heteroatoms. The Morgan fingerprint density at radius 3 is 2.67 bits per heavy atom. The van der Waals surface area contributed by atoms with E-state index in [-0.39, 0.29) is 6.42 Å². The lowest BCUT2D eigenvalue weighted by molar-refractivity contribution is -0.141. The Morgan fingerprint density at radius 2 is 2.17 bits per heavy atom. The standard InChI is InChI=1S/C15H16O3/c1-3-5-13(15(16)17)7-4-6-12-8-10-14(18-2)11-9-12/h1,4,6,8-11,13H,5,7H2,2H3,(H,16,17)/b6-4+. The van der Waals surface area contributed by atoms with Crippen molar-refractivity contribution >= 4 is 12.0 Å². The highest BCUT2D eigenvalue weighted by atomic mass is 16.5. The maximum Gasteiger partial charge on any atom is 0.307 e. The van der Waals surface area contributed by atoms with Crippen LogP contribution in [0.4, 0.5) is 0 Å². The molecule has 18 heavy (non-hydrogen) atoms. The van der Waals surface area contributed by atoms with Crippen molar-refractivity contribution in [2.75, 3.05) is 7.11 Å². The number of methoxy groups -OCH3 is 1. The molecule has 1 rings (SSSR count). The van der Waals surface area contributed by atoms with Crippen LogP contribution in [0.25, 0.3) is 6.08 Å². The van der Waals surface area contributed by atoms with Crippen molar-refractivity contribution in [1.29, 1.82) is 0 Å². The Labute approximate surface area is 107 Å². The van der Waals surface area contributed by atoms with E-state index in [0.29, 0.717) is 6.42 Å². The van der Waals surface area contributed by atoms with Gasteiger partial charge >= 0.3 is 5.97 Å². The molecule has 0 amide bonds. The molecule has 0 spiro atoms. The summed E-state index contributed by atoms with van der Waals surface area (Å²) in [7, 11) is 1.61. The topological polar surface area (TPSA) is 46.5 Å². The summed E-state index contributed by atoms with van der Waals surface area (Å²) in [5.41, 5.74) is 1.00. The average molecular weight is 244 g/mol. The molecule has 94 valence electrons.